The molecule has 1 N–H and O–H groups in total. The smallest absolute Gasteiger partial charge is 0.142 e. The Hall–Kier alpha value is -1.58. The van der Waals surface area contributed by atoms with Crippen molar-refractivity contribution in [2.45, 2.75) is 12.5 Å². The number of methoxy groups -OCH3 is 1. The molecular formula is C16H17ClFNO. The van der Waals surface area contributed by atoms with Crippen LogP contribution < -0.4 is 10.1 Å². The van der Waals surface area contributed by atoms with Gasteiger partial charge in [0.05, 0.1) is 12.1 Å². The summed E-state index contributed by atoms with van der Waals surface area (Å²) >= 11 is 5.71. The Morgan fingerprint density at radius 2 is 2.00 bits per heavy atom. The molecule has 4 heteroatoms. The van der Waals surface area contributed by atoms with E-state index in [0.29, 0.717) is 6.42 Å². The van der Waals surface area contributed by atoms with Gasteiger partial charge < -0.3 is 10.1 Å². The number of nitrogens with one attached hydrogen (secondary N) is 1. The van der Waals surface area contributed by atoms with Crippen LogP contribution in [-0.4, -0.2) is 14.2 Å². The van der Waals surface area contributed by atoms with Gasteiger partial charge in [-0.3, -0.25) is 0 Å². The fourth-order valence-electron chi connectivity index (χ4n) is 2.22. The minimum Gasteiger partial charge on any atom is -0.496 e. The van der Waals surface area contributed by atoms with Crippen LogP contribution in [0.1, 0.15) is 17.2 Å². The van der Waals surface area contributed by atoms with Crippen molar-refractivity contribution in [2.24, 2.45) is 0 Å². The van der Waals surface area contributed by atoms with E-state index in [1.807, 2.05) is 37.4 Å². The number of ether oxygens (including phenoxy) is 1. The SMILES string of the molecule is CNC(Cc1ccc(Cl)c(F)c1)c1ccccc1OC. The molecule has 0 aliphatic carbocycles. The zero-order chi connectivity index (χ0) is 14.5. The Kier molecular flexibility index (Phi) is 4.99. The molecule has 106 valence electrons. The minimum absolute atomic E-state index is 0.0479. The first kappa shape index (κ1) is 14.8. The van der Waals surface area contributed by atoms with Crippen LogP contribution in [0.3, 0.4) is 0 Å². The molecular weight excluding hydrogens is 277 g/mol. The normalized spacial score (nSPS) is 12.2. The number of halogens is 2. The van der Waals surface area contributed by atoms with Gasteiger partial charge in [0.2, 0.25) is 0 Å². The molecule has 0 aliphatic heterocycles. The van der Waals surface area contributed by atoms with Crippen LogP contribution in [0.2, 0.25) is 5.02 Å². The molecule has 0 aliphatic rings. The molecule has 0 spiro atoms. The minimum atomic E-state index is -0.390. The molecule has 2 rings (SSSR count). The molecule has 2 nitrogen and oxygen atoms in total. The number of likely N-dealkylation sites (N-methyl/N-ethyl adjacent to an activating group) is 1. The first-order chi connectivity index (χ1) is 9.65. The summed E-state index contributed by atoms with van der Waals surface area (Å²) < 4.78 is 18.9. The second kappa shape index (κ2) is 6.73. The summed E-state index contributed by atoms with van der Waals surface area (Å²) in [6, 6.07) is 12.8. The molecule has 0 radical (unpaired) electrons. The highest BCUT2D eigenvalue weighted by atomic mass is 35.5. The van der Waals surface area contributed by atoms with E-state index in [1.54, 1.807) is 13.2 Å². The van der Waals surface area contributed by atoms with Crippen molar-refractivity contribution in [3.8, 4) is 5.75 Å². The van der Waals surface area contributed by atoms with Crippen molar-refractivity contribution in [1.82, 2.24) is 5.32 Å². The van der Waals surface area contributed by atoms with Gasteiger partial charge >= 0.3 is 0 Å². The lowest BCUT2D eigenvalue weighted by atomic mass is 9.98. The number of benzene rings is 2. The standard InChI is InChI=1S/C16H17ClFNO/c1-19-15(12-5-3-4-6-16(12)20-2)10-11-7-8-13(17)14(18)9-11/h3-9,15,19H,10H2,1-2H3. The summed E-state index contributed by atoms with van der Waals surface area (Å²) in [7, 11) is 3.52. The third-order valence-corrected chi connectivity index (χ3v) is 3.59. The van der Waals surface area contributed by atoms with E-state index < -0.39 is 0 Å². The monoisotopic (exact) mass is 293 g/mol. The number of para-hydroxylation sites is 1. The molecule has 2 aromatic carbocycles. The lowest BCUT2D eigenvalue weighted by Gasteiger charge is -2.19. The first-order valence-corrected chi connectivity index (χ1v) is 6.77. The van der Waals surface area contributed by atoms with E-state index in [4.69, 9.17) is 16.3 Å². The van der Waals surface area contributed by atoms with Crippen LogP contribution >= 0.6 is 11.6 Å². The fraction of sp³-hybridized carbons (Fsp3) is 0.250. The van der Waals surface area contributed by atoms with E-state index in [-0.39, 0.29) is 16.9 Å². The average molecular weight is 294 g/mol. The van der Waals surface area contributed by atoms with Crippen LogP contribution in [0.25, 0.3) is 0 Å². The summed E-state index contributed by atoms with van der Waals surface area (Å²) in [4.78, 5) is 0. The Labute approximate surface area is 123 Å². The molecule has 1 unspecified atom stereocenters. The predicted octanol–water partition coefficient (Wildman–Crippen LogP) is 3.99. The van der Waals surface area contributed by atoms with Gasteiger partial charge in [-0.1, -0.05) is 35.9 Å². The quantitative estimate of drug-likeness (QED) is 0.900. The van der Waals surface area contributed by atoms with E-state index in [1.165, 1.54) is 6.07 Å². The Morgan fingerprint density at radius 3 is 2.65 bits per heavy atom. The summed E-state index contributed by atoms with van der Waals surface area (Å²) in [5, 5.41) is 3.39. The third-order valence-electron chi connectivity index (χ3n) is 3.29. The van der Waals surface area contributed by atoms with Crippen molar-refractivity contribution >= 4 is 11.6 Å². The van der Waals surface area contributed by atoms with Crippen LogP contribution in [0.5, 0.6) is 5.75 Å². The molecule has 0 bridgehead atoms. The van der Waals surface area contributed by atoms with E-state index in [0.717, 1.165) is 16.9 Å². The van der Waals surface area contributed by atoms with Gasteiger partial charge in [0, 0.05) is 11.6 Å². The molecule has 0 fully saturated rings. The van der Waals surface area contributed by atoms with Gasteiger partial charge in [-0.05, 0) is 37.2 Å². The molecule has 2 aromatic rings. The Balaban J connectivity index is 2.26. The topological polar surface area (TPSA) is 21.3 Å². The van der Waals surface area contributed by atoms with Gasteiger partial charge in [0.15, 0.2) is 0 Å². The summed E-state index contributed by atoms with van der Waals surface area (Å²) in [6.07, 6.45) is 0.658. The van der Waals surface area contributed by atoms with Crippen LogP contribution in [-0.2, 0) is 6.42 Å². The van der Waals surface area contributed by atoms with Crippen LogP contribution in [0.4, 0.5) is 4.39 Å². The largest absolute Gasteiger partial charge is 0.496 e. The van der Waals surface area contributed by atoms with Crippen LogP contribution in [0, 0.1) is 5.82 Å². The first-order valence-electron chi connectivity index (χ1n) is 6.39. The van der Waals surface area contributed by atoms with Crippen molar-refractivity contribution in [3.05, 3.63) is 64.4 Å². The van der Waals surface area contributed by atoms with Crippen molar-refractivity contribution in [2.75, 3.05) is 14.2 Å². The molecule has 0 amide bonds. The molecule has 0 saturated heterocycles. The maximum atomic E-state index is 13.5. The van der Waals surface area contributed by atoms with E-state index in [2.05, 4.69) is 5.32 Å². The van der Waals surface area contributed by atoms with Gasteiger partial charge in [0.25, 0.3) is 0 Å². The molecule has 1 atom stereocenters. The summed E-state index contributed by atoms with van der Waals surface area (Å²) in [6.45, 7) is 0. The molecule has 20 heavy (non-hydrogen) atoms. The van der Waals surface area contributed by atoms with Crippen molar-refractivity contribution in [1.29, 1.82) is 0 Å². The maximum Gasteiger partial charge on any atom is 0.142 e. The van der Waals surface area contributed by atoms with Crippen LogP contribution in [0.15, 0.2) is 42.5 Å². The van der Waals surface area contributed by atoms with Gasteiger partial charge in [0.1, 0.15) is 11.6 Å². The van der Waals surface area contributed by atoms with Gasteiger partial charge in [-0.15, -0.1) is 0 Å². The fourth-order valence-corrected chi connectivity index (χ4v) is 2.34. The Morgan fingerprint density at radius 1 is 1.25 bits per heavy atom. The maximum absolute atomic E-state index is 13.5. The van der Waals surface area contributed by atoms with Crippen molar-refractivity contribution in [3.63, 3.8) is 0 Å². The summed E-state index contributed by atoms with van der Waals surface area (Å²) in [5.41, 5.74) is 1.94. The average Bonchev–Trinajstić information content (AvgIpc) is 2.48. The lowest BCUT2D eigenvalue weighted by molar-refractivity contribution is 0.401. The number of hydrogen-bond acceptors (Lipinski definition) is 2. The van der Waals surface area contributed by atoms with E-state index >= 15 is 0 Å². The second-order valence-electron chi connectivity index (χ2n) is 4.54. The highest BCUT2D eigenvalue weighted by Crippen LogP contribution is 2.28. The highest BCUT2D eigenvalue weighted by Gasteiger charge is 2.15. The molecule has 0 heterocycles. The molecule has 0 aromatic heterocycles. The lowest BCUT2D eigenvalue weighted by Crippen LogP contribution is -2.19. The zero-order valence-corrected chi connectivity index (χ0v) is 12.2. The van der Waals surface area contributed by atoms with Crippen molar-refractivity contribution < 1.29 is 9.13 Å². The zero-order valence-electron chi connectivity index (χ0n) is 11.5. The summed E-state index contributed by atoms with van der Waals surface area (Å²) in [5.74, 6) is 0.431. The number of hydrogen-bond donors (Lipinski definition) is 1. The van der Waals surface area contributed by atoms with E-state index in [9.17, 15) is 4.39 Å². The Bertz CT molecular complexity index is 588. The van der Waals surface area contributed by atoms with Gasteiger partial charge in [-0.25, -0.2) is 4.39 Å². The molecule has 0 saturated carbocycles. The third kappa shape index (κ3) is 3.30. The number of rotatable bonds is 5. The predicted molar refractivity (Wildman–Crippen MR) is 79.9 cm³/mol. The second-order valence-corrected chi connectivity index (χ2v) is 4.94. The van der Waals surface area contributed by atoms with Gasteiger partial charge in [-0.2, -0.15) is 0 Å². The highest BCUT2D eigenvalue weighted by molar-refractivity contribution is 6.30.